The lowest BCUT2D eigenvalue weighted by Crippen LogP contribution is -2.25. The second-order valence-corrected chi connectivity index (χ2v) is 11.3. The van der Waals surface area contributed by atoms with Crippen LogP contribution in [-0.2, 0) is 19.1 Å². The van der Waals surface area contributed by atoms with Gasteiger partial charge < -0.3 is 19.7 Å². The summed E-state index contributed by atoms with van der Waals surface area (Å²) in [5, 5.41) is 19.4. The third kappa shape index (κ3) is 29.3. The summed E-state index contributed by atoms with van der Waals surface area (Å²) < 4.78 is 10.2. The normalized spacial score (nSPS) is 14.3. The van der Waals surface area contributed by atoms with Crippen molar-refractivity contribution in [2.75, 3.05) is 13.2 Å². The fraction of sp³-hybridized carbons (Fsp3) is 0.722. The summed E-state index contributed by atoms with van der Waals surface area (Å²) in [5.74, 6) is 0.165. The van der Waals surface area contributed by atoms with Crippen molar-refractivity contribution in [1.82, 2.24) is 0 Å². The number of allylic oxidation sites excluding steroid dienone is 8. The van der Waals surface area contributed by atoms with Crippen molar-refractivity contribution in [3.8, 4) is 0 Å². The molecule has 1 unspecified atom stereocenters. The van der Waals surface area contributed by atoms with Crippen LogP contribution < -0.4 is 0 Å². The van der Waals surface area contributed by atoms with E-state index in [2.05, 4.69) is 62.5 Å². The Morgan fingerprint density at radius 2 is 1.05 bits per heavy atom. The van der Waals surface area contributed by atoms with E-state index in [1.165, 1.54) is 32.1 Å². The molecule has 42 heavy (non-hydrogen) atoms. The number of rotatable bonds is 28. The summed E-state index contributed by atoms with van der Waals surface area (Å²) in [5.41, 5.74) is 0. The molecule has 0 aliphatic rings. The van der Waals surface area contributed by atoms with Crippen molar-refractivity contribution in [2.45, 2.75) is 149 Å². The fourth-order valence-electron chi connectivity index (χ4n) is 4.15. The third-order valence-electron chi connectivity index (χ3n) is 7.27. The van der Waals surface area contributed by atoms with Crippen LogP contribution in [0, 0.1) is 5.92 Å². The Morgan fingerprint density at radius 1 is 0.571 bits per heavy atom. The number of esters is 2. The maximum Gasteiger partial charge on any atom is 0.305 e. The van der Waals surface area contributed by atoms with Crippen molar-refractivity contribution in [2.24, 2.45) is 5.92 Å². The van der Waals surface area contributed by atoms with Crippen molar-refractivity contribution >= 4 is 11.9 Å². The van der Waals surface area contributed by atoms with Crippen LogP contribution in [0.4, 0.5) is 0 Å². The van der Waals surface area contributed by atoms with Gasteiger partial charge >= 0.3 is 11.9 Å². The molecule has 0 radical (unpaired) electrons. The van der Waals surface area contributed by atoms with Gasteiger partial charge in [0.15, 0.2) is 0 Å². The van der Waals surface area contributed by atoms with Gasteiger partial charge in [-0.25, -0.2) is 0 Å². The van der Waals surface area contributed by atoms with Gasteiger partial charge in [-0.05, 0) is 63.7 Å². The van der Waals surface area contributed by atoms with Crippen molar-refractivity contribution in [3.05, 3.63) is 48.6 Å². The molecular formula is C36H62O6. The molecule has 0 fully saturated rings. The van der Waals surface area contributed by atoms with E-state index in [0.717, 1.165) is 70.1 Å². The first-order valence-electron chi connectivity index (χ1n) is 16.7. The highest BCUT2D eigenvalue weighted by Gasteiger charge is 2.12. The number of aliphatic hydroxyl groups is 2. The number of carbonyl (C=O) groups is 2. The largest absolute Gasteiger partial charge is 0.463 e. The molecule has 0 aromatic carbocycles. The Labute approximate surface area is 257 Å². The highest BCUT2D eigenvalue weighted by atomic mass is 16.6. The molecule has 0 aromatic heterocycles. The molecule has 0 aliphatic carbocycles. The minimum Gasteiger partial charge on any atom is -0.463 e. The van der Waals surface area contributed by atoms with Gasteiger partial charge in [-0.15, -0.1) is 0 Å². The number of carbonyl (C=O) groups excluding carboxylic acids is 2. The zero-order valence-corrected chi connectivity index (χ0v) is 27.0. The molecule has 0 aliphatic heterocycles. The van der Waals surface area contributed by atoms with Crippen LogP contribution in [0.1, 0.15) is 136 Å². The van der Waals surface area contributed by atoms with Crippen LogP contribution in [0.15, 0.2) is 48.6 Å². The zero-order chi connectivity index (χ0) is 31.1. The number of aliphatic hydroxyl groups excluding tert-OH is 2. The molecule has 0 amide bonds. The van der Waals surface area contributed by atoms with Gasteiger partial charge in [0.1, 0.15) is 19.3 Å². The van der Waals surface area contributed by atoms with Crippen LogP contribution in [0.25, 0.3) is 0 Å². The minimum atomic E-state index is -0.994. The van der Waals surface area contributed by atoms with Gasteiger partial charge in [0.2, 0.25) is 0 Å². The molecule has 0 saturated carbocycles. The fourth-order valence-corrected chi connectivity index (χ4v) is 4.15. The quantitative estimate of drug-likeness (QED) is 0.0538. The van der Waals surface area contributed by atoms with Crippen LogP contribution in [0.2, 0.25) is 0 Å². The molecule has 0 bridgehead atoms. The number of hydrogen-bond donors (Lipinski definition) is 2. The van der Waals surface area contributed by atoms with E-state index < -0.39 is 6.10 Å². The van der Waals surface area contributed by atoms with E-state index >= 15 is 0 Å². The Hall–Kier alpha value is -2.18. The predicted molar refractivity (Wildman–Crippen MR) is 174 cm³/mol. The lowest BCUT2D eigenvalue weighted by Gasteiger charge is -2.12. The molecule has 0 heterocycles. The van der Waals surface area contributed by atoms with Gasteiger partial charge in [-0.3, -0.25) is 9.59 Å². The lowest BCUT2D eigenvalue weighted by atomic mass is 10.00. The summed E-state index contributed by atoms with van der Waals surface area (Å²) in [6.07, 6.45) is 32.5. The van der Waals surface area contributed by atoms with E-state index in [9.17, 15) is 19.8 Å². The minimum absolute atomic E-state index is 0.143. The lowest BCUT2D eigenvalue weighted by molar-refractivity contribution is -0.152. The summed E-state index contributed by atoms with van der Waals surface area (Å²) in [4.78, 5) is 23.7. The molecule has 3 atom stereocenters. The Kier molecular flexibility index (Phi) is 28.7. The Bertz CT molecular complexity index is 754. The summed E-state index contributed by atoms with van der Waals surface area (Å²) in [6.45, 7) is 6.25. The van der Waals surface area contributed by atoms with Gasteiger partial charge in [-0.1, -0.05) is 114 Å². The molecule has 0 spiro atoms. The number of unbranched alkanes of at least 4 members (excludes halogenated alkanes) is 6. The molecule has 242 valence electrons. The molecule has 6 heteroatoms. The maximum atomic E-state index is 11.9. The van der Waals surface area contributed by atoms with Crippen molar-refractivity contribution < 1.29 is 29.3 Å². The first-order chi connectivity index (χ1) is 20.4. The van der Waals surface area contributed by atoms with Crippen LogP contribution in [-0.4, -0.2) is 47.6 Å². The second-order valence-electron chi connectivity index (χ2n) is 11.3. The molecule has 2 N–H and O–H groups in total. The first kappa shape index (κ1) is 39.8. The number of hydrogen-bond acceptors (Lipinski definition) is 6. The zero-order valence-electron chi connectivity index (χ0n) is 27.0. The first-order valence-corrected chi connectivity index (χ1v) is 16.7. The maximum absolute atomic E-state index is 11.9. The average molecular weight is 591 g/mol. The van der Waals surface area contributed by atoms with Crippen molar-refractivity contribution in [3.63, 3.8) is 0 Å². The smallest absolute Gasteiger partial charge is 0.305 e. The SMILES string of the molecule is CCC(C)CCCCCCCCC(=O)OC[C@H](O)COC(=O)CCC/C=C\C/C=C\C/C=C\C/C=C\CC[C@@H](O)CC. The topological polar surface area (TPSA) is 93.1 Å². The van der Waals surface area contributed by atoms with E-state index in [4.69, 9.17) is 9.47 Å². The number of ether oxygens (including phenoxy) is 2. The van der Waals surface area contributed by atoms with E-state index in [-0.39, 0.29) is 31.3 Å². The van der Waals surface area contributed by atoms with Crippen LogP contribution >= 0.6 is 0 Å². The highest BCUT2D eigenvalue weighted by molar-refractivity contribution is 5.69. The summed E-state index contributed by atoms with van der Waals surface area (Å²) >= 11 is 0. The van der Waals surface area contributed by atoms with Gasteiger partial charge in [-0.2, -0.15) is 0 Å². The summed E-state index contributed by atoms with van der Waals surface area (Å²) in [6, 6.07) is 0. The molecule has 0 aromatic rings. The second kappa shape index (κ2) is 30.3. The molecular weight excluding hydrogens is 528 g/mol. The standard InChI is InChI=1S/C36H62O6/c1-4-32(3)26-22-18-16-17-21-25-29-36(40)42-31-34(38)30-41-35(39)28-24-20-15-13-11-9-7-6-8-10-12-14-19-23-27-33(37)5-2/h7-10,13-15,19,32-34,37-38H,4-6,11-12,16-18,20-31H2,1-3H3/b9-7-,10-8-,15-13-,19-14-/t32?,33-,34+/m0/s1. The molecule has 0 rings (SSSR count). The van der Waals surface area contributed by atoms with E-state index in [1.54, 1.807) is 0 Å². The van der Waals surface area contributed by atoms with Gasteiger partial charge in [0.25, 0.3) is 0 Å². The third-order valence-corrected chi connectivity index (χ3v) is 7.27. The Morgan fingerprint density at radius 3 is 1.60 bits per heavy atom. The van der Waals surface area contributed by atoms with E-state index in [0.29, 0.717) is 19.3 Å². The van der Waals surface area contributed by atoms with Crippen LogP contribution in [0.3, 0.4) is 0 Å². The predicted octanol–water partition coefficient (Wildman–Crippen LogP) is 8.72. The van der Waals surface area contributed by atoms with Crippen LogP contribution in [0.5, 0.6) is 0 Å². The summed E-state index contributed by atoms with van der Waals surface area (Å²) in [7, 11) is 0. The van der Waals surface area contributed by atoms with E-state index in [1.807, 2.05) is 6.92 Å². The molecule has 6 nitrogen and oxygen atoms in total. The highest BCUT2D eigenvalue weighted by Crippen LogP contribution is 2.14. The van der Waals surface area contributed by atoms with Gasteiger partial charge in [0, 0.05) is 12.8 Å². The average Bonchev–Trinajstić information content (AvgIpc) is 2.99. The monoisotopic (exact) mass is 590 g/mol. The Balaban J connectivity index is 3.62. The molecule has 0 saturated heterocycles. The van der Waals surface area contributed by atoms with Gasteiger partial charge in [0.05, 0.1) is 6.10 Å². The van der Waals surface area contributed by atoms with Crippen molar-refractivity contribution in [1.29, 1.82) is 0 Å².